The first-order chi connectivity index (χ1) is 20.8. The molecule has 4 heteroatoms. The fourth-order valence-corrected chi connectivity index (χ4v) is 7.21. The van der Waals surface area contributed by atoms with Gasteiger partial charge in [-0.05, 0) is 81.9 Å². The average Bonchev–Trinajstić information content (AvgIpc) is 3.61. The molecule has 0 unspecified atom stereocenters. The second-order valence-electron chi connectivity index (χ2n) is 10.6. The van der Waals surface area contributed by atoms with Crippen molar-refractivity contribution in [1.29, 1.82) is 0 Å². The third kappa shape index (κ3) is 3.66. The molecule has 0 radical (unpaired) electrons. The molecule has 6 aromatic carbocycles. The van der Waals surface area contributed by atoms with Crippen LogP contribution in [0.3, 0.4) is 0 Å². The highest BCUT2D eigenvalue weighted by molar-refractivity contribution is 7.25. The number of nitrogens with zero attached hydrogens (tertiary/aromatic N) is 2. The summed E-state index contributed by atoms with van der Waals surface area (Å²) in [4.78, 5) is 9.59. The lowest BCUT2D eigenvalue weighted by molar-refractivity contribution is 0.655. The smallest absolute Gasteiger partial charge is 0.246 e. The van der Waals surface area contributed by atoms with Gasteiger partial charge in [-0.15, -0.1) is 11.3 Å². The van der Waals surface area contributed by atoms with E-state index in [9.17, 15) is 0 Å². The molecule has 0 N–H and O–H groups in total. The largest absolute Gasteiger partial charge is 0.436 e. The minimum atomic E-state index is 0.569. The molecule has 0 fully saturated rings. The quantitative estimate of drug-likeness (QED) is 0.218. The van der Waals surface area contributed by atoms with Crippen LogP contribution in [0.25, 0.3) is 86.8 Å². The molecule has 0 aliphatic carbocycles. The second-order valence-corrected chi connectivity index (χ2v) is 11.7. The number of hydrogen-bond acceptors (Lipinski definition) is 4. The number of fused-ring (bicyclic) bond motifs is 7. The van der Waals surface area contributed by atoms with E-state index in [1.54, 1.807) is 0 Å². The van der Waals surface area contributed by atoms with Crippen LogP contribution in [0.15, 0.2) is 138 Å². The monoisotopic (exact) mass is 554 g/mol. The van der Waals surface area contributed by atoms with Crippen molar-refractivity contribution in [1.82, 2.24) is 9.97 Å². The highest BCUT2D eigenvalue weighted by Crippen LogP contribution is 2.41. The number of aromatic nitrogens is 2. The molecule has 3 heterocycles. The number of rotatable bonds is 3. The van der Waals surface area contributed by atoms with Gasteiger partial charge < -0.3 is 4.42 Å². The minimum Gasteiger partial charge on any atom is -0.436 e. The van der Waals surface area contributed by atoms with E-state index in [0.29, 0.717) is 5.71 Å². The van der Waals surface area contributed by atoms with Crippen LogP contribution in [0.1, 0.15) is 0 Å². The molecular weight excluding hydrogens is 532 g/mol. The summed E-state index contributed by atoms with van der Waals surface area (Å²) in [5, 5.41) is 3.63. The Labute approximate surface area is 245 Å². The molecule has 0 aliphatic rings. The Morgan fingerprint density at radius 3 is 1.95 bits per heavy atom. The van der Waals surface area contributed by atoms with Crippen molar-refractivity contribution in [2.75, 3.05) is 0 Å². The Kier molecular flexibility index (Phi) is 5.07. The van der Waals surface area contributed by atoms with Crippen molar-refractivity contribution >= 4 is 64.7 Å². The van der Waals surface area contributed by atoms with Crippen molar-refractivity contribution in [2.45, 2.75) is 0 Å². The first-order valence-corrected chi connectivity index (χ1v) is 14.8. The van der Waals surface area contributed by atoms with Crippen LogP contribution >= 0.6 is 11.3 Å². The summed E-state index contributed by atoms with van der Waals surface area (Å²) in [7, 11) is 0. The zero-order valence-corrected chi connectivity index (χ0v) is 23.2. The van der Waals surface area contributed by atoms with Gasteiger partial charge in [0.25, 0.3) is 0 Å². The first kappa shape index (κ1) is 23.4. The maximum absolute atomic E-state index is 6.08. The second kappa shape index (κ2) is 9.10. The molecule has 42 heavy (non-hydrogen) atoms. The molecule has 3 nitrogen and oxygen atoms in total. The van der Waals surface area contributed by atoms with E-state index in [1.165, 1.54) is 42.4 Å². The average molecular weight is 555 g/mol. The lowest BCUT2D eigenvalue weighted by Gasteiger charge is -2.10. The zero-order chi connectivity index (χ0) is 27.6. The van der Waals surface area contributed by atoms with E-state index in [0.717, 1.165) is 38.6 Å². The third-order valence-electron chi connectivity index (χ3n) is 8.09. The summed E-state index contributed by atoms with van der Waals surface area (Å²) < 4.78 is 8.72. The van der Waals surface area contributed by atoms with Crippen LogP contribution < -0.4 is 0 Å². The van der Waals surface area contributed by atoms with Crippen LogP contribution in [-0.4, -0.2) is 9.97 Å². The zero-order valence-electron chi connectivity index (χ0n) is 22.4. The van der Waals surface area contributed by atoms with Gasteiger partial charge in [-0.3, -0.25) is 0 Å². The van der Waals surface area contributed by atoms with E-state index < -0.39 is 0 Å². The molecule has 0 spiro atoms. The van der Waals surface area contributed by atoms with E-state index in [2.05, 4.69) is 103 Å². The molecule has 0 aliphatic heterocycles. The lowest BCUT2D eigenvalue weighted by Crippen LogP contribution is -1.85. The molecule has 0 atom stereocenters. The van der Waals surface area contributed by atoms with Gasteiger partial charge in [0.15, 0.2) is 0 Å². The molecular formula is C38H22N2OS. The maximum Gasteiger partial charge on any atom is 0.246 e. The number of thiophene rings is 1. The standard InChI is InChI=1S/C38H22N2OS/c1-4-16-34-29(12-1)36-28(13-7-17-35(36)42-34)27-11-6-10-25(21-27)23-8-5-9-24(20-23)26-18-19-33-30(22-26)37-38(41-33)40-32-15-3-2-14-31(32)39-37/h1-22H. The van der Waals surface area contributed by atoms with Crippen molar-refractivity contribution in [2.24, 2.45) is 0 Å². The normalized spacial score (nSPS) is 11.8. The lowest BCUT2D eigenvalue weighted by atomic mass is 9.94. The van der Waals surface area contributed by atoms with Crippen LogP contribution in [-0.2, 0) is 0 Å². The summed E-state index contributed by atoms with van der Waals surface area (Å²) in [6.07, 6.45) is 0. The minimum absolute atomic E-state index is 0.569. The van der Waals surface area contributed by atoms with Crippen molar-refractivity contribution in [3.05, 3.63) is 133 Å². The molecule has 0 amide bonds. The summed E-state index contributed by atoms with van der Waals surface area (Å²) in [6, 6.07) is 47.2. The molecule has 9 aromatic rings. The maximum atomic E-state index is 6.08. The Morgan fingerprint density at radius 2 is 1.12 bits per heavy atom. The van der Waals surface area contributed by atoms with Gasteiger partial charge in [-0.1, -0.05) is 84.9 Å². The number of benzene rings is 6. The Morgan fingerprint density at radius 1 is 0.476 bits per heavy atom. The van der Waals surface area contributed by atoms with Gasteiger partial charge in [0.2, 0.25) is 5.71 Å². The summed E-state index contributed by atoms with van der Waals surface area (Å²) in [5.41, 5.74) is 11.0. The fraction of sp³-hybridized carbons (Fsp3) is 0. The Bertz CT molecular complexity index is 2490. The predicted molar refractivity (Wildman–Crippen MR) is 176 cm³/mol. The molecule has 0 bridgehead atoms. The van der Waals surface area contributed by atoms with Crippen molar-refractivity contribution < 1.29 is 4.42 Å². The van der Waals surface area contributed by atoms with E-state index in [1.807, 2.05) is 41.7 Å². The molecule has 0 saturated heterocycles. The number of furan rings is 1. The van der Waals surface area contributed by atoms with Gasteiger partial charge in [-0.2, -0.15) is 0 Å². The van der Waals surface area contributed by atoms with E-state index in [-0.39, 0.29) is 0 Å². The SMILES string of the molecule is c1cc(-c2cccc(-c3cccc4sc5ccccc5c34)c2)cc(-c2ccc3oc4nc5ccccc5nc4c3c2)c1. The van der Waals surface area contributed by atoms with Crippen molar-refractivity contribution in [3.8, 4) is 33.4 Å². The summed E-state index contributed by atoms with van der Waals surface area (Å²) in [5.74, 6) is 0. The Balaban J connectivity index is 1.15. The Hall–Kier alpha value is -5.32. The topological polar surface area (TPSA) is 38.9 Å². The van der Waals surface area contributed by atoms with Crippen LogP contribution in [0.5, 0.6) is 0 Å². The van der Waals surface area contributed by atoms with Crippen molar-refractivity contribution in [3.63, 3.8) is 0 Å². The van der Waals surface area contributed by atoms with Gasteiger partial charge in [0.1, 0.15) is 11.1 Å². The highest BCUT2D eigenvalue weighted by Gasteiger charge is 2.14. The van der Waals surface area contributed by atoms with Crippen LogP contribution in [0.4, 0.5) is 0 Å². The molecule has 196 valence electrons. The third-order valence-corrected chi connectivity index (χ3v) is 9.22. The van der Waals surface area contributed by atoms with E-state index in [4.69, 9.17) is 14.4 Å². The fourth-order valence-electron chi connectivity index (χ4n) is 6.08. The van der Waals surface area contributed by atoms with E-state index >= 15 is 0 Å². The highest BCUT2D eigenvalue weighted by atomic mass is 32.1. The number of para-hydroxylation sites is 2. The molecule has 0 saturated carbocycles. The van der Waals surface area contributed by atoms with Gasteiger partial charge in [-0.25, -0.2) is 9.97 Å². The van der Waals surface area contributed by atoms with Crippen LogP contribution in [0.2, 0.25) is 0 Å². The van der Waals surface area contributed by atoms with Gasteiger partial charge in [0, 0.05) is 25.6 Å². The molecule has 3 aromatic heterocycles. The summed E-state index contributed by atoms with van der Waals surface area (Å²) in [6.45, 7) is 0. The first-order valence-electron chi connectivity index (χ1n) is 14.0. The molecule has 9 rings (SSSR count). The summed E-state index contributed by atoms with van der Waals surface area (Å²) >= 11 is 1.86. The van der Waals surface area contributed by atoms with Crippen LogP contribution in [0, 0.1) is 0 Å². The predicted octanol–water partition coefficient (Wildman–Crippen LogP) is 10.9. The van der Waals surface area contributed by atoms with Gasteiger partial charge in [0.05, 0.1) is 11.0 Å². The van der Waals surface area contributed by atoms with Gasteiger partial charge >= 0.3 is 0 Å². The number of hydrogen-bond donors (Lipinski definition) is 0.